The smallest absolute Gasteiger partial charge is 0.338 e. The van der Waals surface area contributed by atoms with Crippen molar-refractivity contribution in [2.24, 2.45) is 0 Å². The van der Waals surface area contributed by atoms with Crippen molar-refractivity contribution in [1.29, 1.82) is 0 Å². The van der Waals surface area contributed by atoms with Crippen LogP contribution < -0.4 is 0 Å². The van der Waals surface area contributed by atoms with Crippen molar-refractivity contribution in [2.45, 2.75) is 0 Å². The van der Waals surface area contributed by atoms with Crippen molar-refractivity contribution in [2.75, 3.05) is 13.7 Å². The Morgan fingerprint density at radius 3 is 2.85 bits per heavy atom. The number of carboxylic acid groups (broad SMARTS) is 1. The van der Waals surface area contributed by atoms with E-state index < -0.39 is 11.9 Å². The highest BCUT2D eigenvalue weighted by Crippen LogP contribution is 2.11. The summed E-state index contributed by atoms with van der Waals surface area (Å²) < 4.78 is 9.18. The summed E-state index contributed by atoms with van der Waals surface area (Å²) in [5.41, 5.74) is 0.133. The molecule has 0 saturated carbocycles. The normalized spacial score (nSPS) is 15.2. The van der Waals surface area contributed by atoms with Gasteiger partial charge in [-0.15, -0.1) is 0 Å². The van der Waals surface area contributed by atoms with Crippen LogP contribution in [0.1, 0.15) is 0 Å². The number of methoxy groups -OCH3 is 1. The molecule has 0 atom stereocenters. The third-order valence-electron chi connectivity index (χ3n) is 1.47. The number of ether oxygens (including phenoxy) is 2. The molecular weight excluding hydrogens is 176 g/mol. The average molecular weight is 184 g/mol. The lowest BCUT2D eigenvalue weighted by molar-refractivity contribution is -0.136. The molecule has 0 bridgehead atoms. The molecule has 70 valence electrons. The van der Waals surface area contributed by atoms with E-state index in [1.54, 1.807) is 0 Å². The Hall–Kier alpha value is -1.78. The Balaban J connectivity index is 2.84. The van der Waals surface area contributed by atoms with Crippen LogP contribution in [0.3, 0.4) is 0 Å². The number of carbonyl (C=O) groups excluding carboxylic acids is 1. The SMILES string of the molecule is COC(=O)C1=CC(C(=O)O)=COC1. The first-order chi connectivity index (χ1) is 6.15. The summed E-state index contributed by atoms with van der Waals surface area (Å²) in [6, 6.07) is 0. The molecule has 5 nitrogen and oxygen atoms in total. The van der Waals surface area contributed by atoms with E-state index in [1.807, 2.05) is 0 Å². The second kappa shape index (κ2) is 3.75. The van der Waals surface area contributed by atoms with Crippen molar-refractivity contribution in [3.63, 3.8) is 0 Å². The molecule has 0 saturated heterocycles. The first kappa shape index (κ1) is 9.31. The number of rotatable bonds is 2. The number of aliphatic carboxylic acids is 1. The molecule has 1 rings (SSSR count). The summed E-state index contributed by atoms with van der Waals surface area (Å²) in [6.45, 7) is 0.0451. The number of esters is 1. The molecule has 1 heterocycles. The molecule has 0 aromatic rings. The predicted molar refractivity (Wildman–Crippen MR) is 41.8 cm³/mol. The van der Waals surface area contributed by atoms with E-state index in [4.69, 9.17) is 9.84 Å². The van der Waals surface area contributed by atoms with Gasteiger partial charge in [0, 0.05) is 0 Å². The summed E-state index contributed by atoms with van der Waals surface area (Å²) in [4.78, 5) is 21.4. The van der Waals surface area contributed by atoms with Gasteiger partial charge in [-0.3, -0.25) is 0 Å². The van der Waals surface area contributed by atoms with Crippen molar-refractivity contribution >= 4 is 11.9 Å². The van der Waals surface area contributed by atoms with Gasteiger partial charge in [0.2, 0.25) is 0 Å². The quantitative estimate of drug-likeness (QED) is 0.615. The van der Waals surface area contributed by atoms with E-state index in [-0.39, 0.29) is 17.8 Å². The Bertz CT molecular complexity index is 300. The van der Waals surface area contributed by atoms with Gasteiger partial charge in [-0.05, 0) is 6.08 Å². The first-order valence-corrected chi connectivity index (χ1v) is 3.49. The highest BCUT2D eigenvalue weighted by atomic mass is 16.5. The van der Waals surface area contributed by atoms with Gasteiger partial charge in [0.05, 0.1) is 24.5 Å². The lowest BCUT2D eigenvalue weighted by atomic mass is 10.1. The van der Waals surface area contributed by atoms with Crippen molar-refractivity contribution in [3.05, 3.63) is 23.5 Å². The fraction of sp³-hybridized carbons (Fsp3) is 0.250. The van der Waals surface area contributed by atoms with Crippen LogP contribution in [0.4, 0.5) is 0 Å². The maximum atomic E-state index is 10.9. The topological polar surface area (TPSA) is 72.8 Å². The van der Waals surface area contributed by atoms with Crippen LogP contribution in [0.5, 0.6) is 0 Å². The summed E-state index contributed by atoms with van der Waals surface area (Å²) in [5.74, 6) is -1.71. The molecule has 1 aliphatic rings. The van der Waals surface area contributed by atoms with Crippen LogP contribution in [0.2, 0.25) is 0 Å². The fourth-order valence-electron chi connectivity index (χ4n) is 0.846. The number of carboxylic acids is 1. The number of hydrogen-bond donors (Lipinski definition) is 1. The molecule has 0 amide bonds. The van der Waals surface area contributed by atoms with Gasteiger partial charge in [0.15, 0.2) is 0 Å². The highest BCUT2D eigenvalue weighted by Gasteiger charge is 2.17. The minimum atomic E-state index is -1.14. The van der Waals surface area contributed by atoms with Gasteiger partial charge < -0.3 is 14.6 Å². The Labute approximate surface area is 74.3 Å². The van der Waals surface area contributed by atoms with E-state index in [9.17, 15) is 9.59 Å². The zero-order valence-electron chi connectivity index (χ0n) is 6.94. The number of carbonyl (C=O) groups is 2. The van der Waals surface area contributed by atoms with Crippen LogP contribution in [0.15, 0.2) is 23.5 Å². The summed E-state index contributed by atoms with van der Waals surface area (Å²) >= 11 is 0. The monoisotopic (exact) mass is 184 g/mol. The summed E-state index contributed by atoms with van der Waals surface area (Å²) in [6.07, 6.45) is 2.33. The van der Waals surface area contributed by atoms with Gasteiger partial charge in [-0.2, -0.15) is 0 Å². The van der Waals surface area contributed by atoms with Gasteiger partial charge in [-0.25, -0.2) is 9.59 Å². The van der Waals surface area contributed by atoms with E-state index in [1.165, 1.54) is 13.2 Å². The van der Waals surface area contributed by atoms with Crippen LogP contribution in [-0.2, 0) is 19.1 Å². The molecule has 0 aromatic carbocycles. The second-order valence-corrected chi connectivity index (χ2v) is 2.35. The molecule has 0 unspecified atom stereocenters. The number of hydrogen-bond acceptors (Lipinski definition) is 4. The molecule has 0 aromatic heterocycles. The molecule has 5 heteroatoms. The predicted octanol–water partition coefficient (Wildman–Crippen LogP) is 0.0845. The molecule has 0 aliphatic carbocycles. The van der Waals surface area contributed by atoms with E-state index in [2.05, 4.69) is 4.74 Å². The van der Waals surface area contributed by atoms with Crippen LogP contribution in [-0.4, -0.2) is 30.8 Å². The van der Waals surface area contributed by atoms with Gasteiger partial charge in [0.25, 0.3) is 0 Å². The third-order valence-corrected chi connectivity index (χ3v) is 1.47. The van der Waals surface area contributed by atoms with Gasteiger partial charge >= 0.3 is 11.9 Å². The molecule has 0 radical (unpaired) electrons. The van der Waals surface area contributed by atoms with E-state index in [0.29, 0.717) is 0 Å². The lowest BCUT2D eigenvalue weighted by Gasteiger charge is -2.10. The molecule has 0 spiro atoms. The molecule has 13 heavy (non-hydrogen) atoms. The fourth-order valence-corrected chi connectivity index (χ4v) is 0.846. The maximum Gasteiger partial charge on any atom is 0.338 e. The highest BCUT2D eigenvalue weighted by molar-refractivity contribution is 5.95. The van der Waals surface area contributed by atoms with Crippen LogP contribution >= 0.6 is 0 Å². The van der Waals surface area contributed by atoms with Crippen molar-refractivity contribution in [3.8, 4) is 0 Å². The largest absolute Gasteiger partial charge is 0.495 e. The van der Waals surface area contributed by atoms with E-state index in [0.717, 1.165) is 6.26 Å². The molecule has 1 aliphatic heterocycles. The third kappa shape index (κ3) is 2.08. The summed E-state index contributed by atoms with van der Waals surface area (Å²) in [7, 11) is 1.22. The molecule has 1 N–H and O–H groups in total. The Morgan fingerprint density at radius 2 is 2.31 bits per heavy atom. The molecular formula is C8H8O5. The maximum absolute atomic E-state index is 10.9. The molecule has 0 fully saturated rings. The zero-order valence-corrected chi connectivity index (χ0v) is 6.94. The van der Waals surface area contributed by atoms with Crippen LogP contribution in [0.25, 0.3) is 0 Å². The minimum absolute atomic E-state index is 0.0451. The lowest BCUT2D eigenvalue weighted by Crippen LogP contribution is -2.15. The summed E-state index contributed by atoms with van der Waals surface area (Å²) in [5, 5.41) is 8.57. The standard InChI is InChI=1S/C8H8O5/c1-12-8(11)6-2-5(7(9)10)3-13-4-6/h2-3H,4H2,1H3,(H,9,10). The van der Waals surface area contributed by atoms with Crippen molar-refractivity contribution < 1.29 is 24.2 Å². The second-order valence-electron chi connectivity index (χ2n) is 2.35. The van der Waals surface area contributed by atoms with Crippen LogP contribution in [0, 0.1) is 0 Å². The zero-order chi connectivity index (χ0) is 9.84. The van der Waals surface area contributed by atoms with E-state index >= 15 is 0 Å². The van der Waals surface area contributed by atoms with Crippen molar-refractivity contribution in [1.82, 2.24) is 0 Å². The first-order valence-electron chi connectivity index (χ1n) is 3.49. The Kier molecular flexibility index (Phi) is 2.69. The van der Waals surface area contributed by atoms with Gasteiger partial charge in [0.1, 0.15) is 6.61 Å². The van der Waals surface area contributed by atoms with Gasteiger partial charge in [-0.1, -0.05) is 0 Å². The Morgan fingerprint density at radius 1 is 1.62 bits per heavy atom. The average Bonchev–Trinajstić information content (AvgIpc) is 2.17. The minimum Gasteiger partial charge on any atom is -0.495 e.